The summed E-state index contributed by atoms with van der Waals surface area (Å²) in [6.07, 6.45) is -2.69. The number of rotatable bonds is 7. The van der Waals surface area contributed by atoms with E-state index in [-0.39, 0.29) is 5.69 Å². The molecule has 0 aliphatic rings. The SMILES string of the molecule is Cc1cc(/C=N\NC(=O)CN(c2ccc(Cl)c(C(F)(F)F)c2)S(C)(=O)=O)c(C)n1-c1cc(Cl)cc(Cl)c1. The number of carbonyl (C=O) groups excluding carboxylic acids is 1. The first-order chi connectivity index (χ1) is 17.1. The third kappa shape index (κ3) is 6.98. The fraction of sp³-hybridized carbons (Fsp3) is 0.217. The second-order valence-electron chi connectivity index (χ2n) is 8.01. The number of carbonyl (C=O) groups is 1. The Kier molecular flexibility index (Phi) is 8.53. The van der Waals surface area contributed by atoms with E-state index in [2.05, 4.69) is 10.5 Å². The van der Waals surface area contributed by atoms with Gasteiger partial charge in [0.15, 0.2) is 0 Å². The zero-order valence-corrected chi connectivity index (χ0v) is 22.7. The van der Waals surface area contributed by atoms with Gasteiger partial charge in [0.2, 0.25) is 10.0 Å². The molecule has 0 unspecified atom stereocenters. The molecule has 7 nitrogen and oxygen atoms in total. The number of hydrazone groups is 1. The molecule has 0 atom stereocenters. The molecule has 37 heavy (non-hydrogen) atoms. The van der Waals surface area contributed by atoms with Gasteiger partial charge in [-0.2, -0.15) is 18.3 Å². The minimum absolute atomic E-state index is 0.373. The third-order valence-electron chi connectivity index (χ3n) is 5.20. The molecule has 1 amide bonds. The van der Waals surface area contributed by atoms with Crippen LogP contribution in [0.3, 0.4) is 0 Å². The number of hydrogen-bond donors (Lipinski definition) is 1. The minimum atomic E-state index is -4.81. The van der Waals surface area contributed by atoms with Gasteiger partial charge in [0, 0.05) is 32.7 Å². The lowest BCUT2D eigenvalue weighted by Gasteiger charge is -2.22. The van der Waals surface area contributed by atoms with E-state index in [9.17, 15) is 26.4 Å². The molecule has 1 aromatic heterocycles. The van der Waals surface area contributed by atoms with E-state index in [1.54, 1.807) is 24.3 Å². The molecule has 1 heterocycles. The molecule has 3 aromatic rings. The van der Waals surface area contributed by atoms with Crippen LogP contribution in [0.25, 0.3) is 5.69 Å². The van der Waals surface area contributed by atoms with Gasteiger partial charge in [0.1, 0.15) is 6.54 Å². The molecular formula is C23H20Cl3F3N4O3S. The van der Waals surface area contributed by atoms with Crippen LogP contribution in [0.15, 0.2) is 47.6 Å². The van der Waals surface area contributed by atoms with E-state index < -0.39 is 39.2 Å². The Morgan fingerprint density at radius 3 is 2.27 bits per heavy atom. The van der Waals surface area contributed by atoms with Crippen molar-refractivity contribution in [3.05, 3.63) is 80.0 Å². The molecule has 0 aliphatic carbocycles. The monoisotopic (exact) mass is 594 g/mol. The highest BCUT2D eigenvalue weighted by atomic mass is 35.5. The summed E-state index contributed by atoms with van der Waals surface area (Å²) in [6.45, 7) is 2.85. The van der Waals surface area contributed by atoms with E-state index in [4.69, 9.17) is 34.8 Å². The van der Waals surface area contributed by atoms with Crippen LogP contribution in [0.5, 0.6) is 0 Å². The number of aromatic nitrogens is 1. The van der Waals surface area contributed by atoms with Crippen LogP contribution < -0.4 is 9.73 Å². The van der Waals surface area contributed by atoms with Crippen LogP contribution in [-0.2, 0) is 21.0 Å². The molecule has 0 saturated carbocycles. The largest absolute Gasteiger partial charge is 0.417 e. The second-order valence-corrected chi connectivity index (χ2v) is 11.2. The molecule has 0 fully saturated rings. The number of halogens is 6. The van der Waals surface area contributed by atoms with Crippen molar-refractivity contribution in [2.24, 2.45) is 5.10 Å². The van der Waals surface area contributed by atoms with Gasteiger partial charge in [-0.05, 0) is 56.3 Å². The second kappa shape index (κ2) is 10.9. The van der Waals surface area contributed by atoms with Crippen molar-refractivity contribution in [3.63, 3.8) is 0 Å². The number of nitrogens with one attached hydrogen (secondary N) is 1. The van der Waals surface area contributed by atoms with Crippen molar-refractivity contribution in [1.82, 2.24) is 9.99 Å². The van der Waals surface area contributed by atoms with Crippen molar-refractivity contribution < 1.29 is 26.4 Å². The Balaban J connectivity index is 1.80. The topological polar surface area (TPSA) is 83.8 Å². The van der Waals surface area contributed by atoms with Crippen molar-refractivity contribution in [2.45, 2.75) is 20.0 Å². The molecule has 1 N–H and O–H groups in total. The summed E-state index contributed by atoms with van der Waals surface area (Å²) < 4.78 is 66.6. The summed E-state index contributed by atoms with van der Waals surface area (Å²) in [6, 6.07) is 9.43. The Morgan fingerprint density at radius 2 is 1.70 bits per heavy atom. The van der Waals surface area contributed by atoms with Gasteiger partial charge in [-0.3, -0.25) is 9.10 Å². The smallest absolute Gasteiger partial charge is 0.318 e. The molecule has 0 saturated heterocycles. The van der Waals surface area contributed by atoms with Crippen LogP contribution in [0.4, 0.5) is 18.9 Å². The first kappa shape index (κ1) is 28.8. The number of benzene rings is 2. The molecule has 3 rings (SSSR count). The summed E-state index contributed by atoms with van der Waals surface area (Å²) in [5.74, 6) is -0.874. The first-order valence-corrected chi connectivity index (χ1v) is 13.4. The van der Waals surface area contributed by atoms with Crippen molar-refractivity contribution in [1.29, 1.82) is 0 Å². The summed E-state index contributed by atoms with van der Waals surface area (Å²) in [5, 5.41) is 4.18. The van der Waals surface area contributed by atoms with Gasteiger partial charge in [-0.1, -0.05) is 34.8 Å². The number of alkyl halides is 3. The molecule has 0 spiro atoms. The molecule has 14 heteroatoms. The highest BCUT2D eigenvalue weighted by Gasteiger charge is 2.34. The van der Waals surface area contributed by atoms with Crippen molar-refractivity contribution in [3.8, 4) is 5.69 Å². The third-order valence-corrected chi connectivity index (χ3v) is 7.11. The lowest BCUT2D eigenvalue weighted by molar-refractivity contribution is -0.137. The quantitative estimate of drug-likeness (QED) is 0.269. The number of anilines is 1. The average molecular weight is 596 g/mol. The van der Waals surface area contributed by atoms with Crippen molar-refractivity contribution >= 4 is 62.6 Å². The zero-order valence-electron chi connectivity index (χ0n) is 19.6. The van der Waals surface area contributed by atoms with E-state index in [1.165, 1.54) is 6.21 Å². The van der Waals surface area contributed by atoms with Crippen LogP contribution in [0, 0.1) is 13.8 Å². The van der Waals surface area contributed by atoms with Crippen LogP contribution >= 0.6 is 34.8 Å². The van der Waals surface area contributed by atoms with E-state index in [0.29, 0.717) is 26.0 Å². The Morgan fingerprint density at radius 1 is 1.08 bits per heavy atom. The molecule has 198 valence electrons. The predicted molar refractivity (Wildman–Crippen MR) is 140 cm³/mol. The van der Waals surface area contributed by atoms with Crippen molar-refractivity contribution in [2.75, 3.05) is 17.1 Å². The molecular weight excluding hydrogens is 576 g/mol. The van der Waals surface area contributed by atoms with E-state index >= 15 is 0 Å². The van der Waals surface area contributed by atoms with E-state index in [1.807, 2.05) is 18.4 Å². The van der Waals surface area contributed by atoms with Gasteiger partial charge in [0.25, 0.3) is 5.91 Å². The first-order valence-electron chi connectivity index (χ1n) is 10.4. The van der Waals surface area contributed by atoms with Gasteiger partial charge in [-0.15, -0.1) is 0 Å². The lowest BCUT2D eigenvalue weighted by Crippen LogP contribution is -2.39. The zero-order chi connectivity index (χ0) is 27.7. The van der Waals surface area contributed by atoms with Gasteiger partial charge in [-0.25, -0.2) is 13.8 Å². The van der Waals surface area contributed by atoms with E-state index in [0.717, 1.165) is 35.5 Å². The maximum atomic E-state index is 13.2. The Hall–Kier alpha value is -2.73. The number of amides is 1. The number of nitrogens with zero attached hydrogens (tertiary/aromatic N) is 3. The Bertz CT molecular complexity index is 1470. The van der Waals surface area contributed by atoms with Crippen LogP contribution in [0.1, 0.15) is 22.5 Å². The summed E-state index contributed by atoms with van der Waals surface area (Å²) in [7, 11) is -4.13. The van der Waals surface area contributed by atoms with Gasteiger partial charge < -0.3 is 4.57 Å². The number of aryl methyl sites for hydroxylation is 1. The molecule has 0 bridgehead atoms. The highest BCUT2D eigenvalue weighted by Crippen LogP contribution is 2.37. The summed E-state index contributed by atoms with van der Waals surface area (Å²) >= 11 is 17.8. The number of sulfonamides is 1. The maximum absolute atomic E-state index is 13.2. The molecule has 0 aliphatic heterocycles. The van der Waals surface area contributed by atoms with Crippen LogP contribution in [-0.4, -0.2) is 37.9 Å². The fourth-order valence-corrected chi connectivity index (χ4v) is 5.20. The highest BCUT2D eigenvalue weighted by molar-refractivity contribution is 7.92. The lowest BCUT2D eigenvalue weighted by atomic mass is 10.2. The predicted octanol–water partition coefficient (Wildman–Crippen LogP) is 5.99. The average Bonchev–Trinajstić information content (AvgIpc) is 3.03. The number of hydrogen-bond acceptors (Lipinski definition) is 4. The molecule has 0 radical (unpaired) electrons. The Labute approximate surface area is 226 Å². The summed E-state index contributed by atoms with van der Waals surface area (Å²) in [5.41, 5.74) is 3.55. The van der Waals surface area contributed by atoms with Crippen LogP contribution in [0.2, 0.25) is 15.1 Å². The fourth-order valence-electron chi connectivity index (χ4n) is 3.61. The molecule has 2 aromatic carbocycles. The van der Waals surface area contributed by atoms with Gasteiger partial charge >= 0.3 is 6.18 Å². The summed E-state index contributed by atoms with van der Waals surface area (Å²) in [4.78, 5) is 12.5. The standard InChI is InChI=1S/C23H20Cl3F3N4O3S/c1-13-6-15(14(2)33(13)19-8-16(24)7-17(25)9-19)11-30-31-22(34)12-32(37(3,35)36)18-4-5-21(26)20(10-18)23(27,28)29/h4-11H,12H2,1-3H3,(H,31,34)/b30-11-. The van der Waals surface area contributed by atoms with Gasteiger partial charge in [0.05, 0.1) is 28.7 Å². The minimum Gasteiger partial charge on any atom is -0.318 e. The normalized spacial score (nSPS) is 12.2. The maximum Gasteiger partial charge on any atom is 0.417 e.